The minimum absolute atomic E-state index is 0.0202. The highest BCUT2D eigenvalue weighted by Crippen LogP contribution is 2.31. The number of H-pyrrole nitrogens is 1. The van der Waals surface area contributed by atoms with Crippen LogP contribution in [0.2, 0.25) is 5.02 Å². The van der Waals surface area contributed by atoms with Gasteiger partial charge in [0.15, 0.2) is 0 Å². The van der Waals surface area contributed by atoms with E-state index in [0.29, 0.717) is 16.0 Å². The van der Waals surface area contributed by atoms with Crippen molar-refractivity contribution in [2.45, 2.75) is 19.1 Å². The largest absolute Gasteiger partial charge is 0.388 e. The Bertz CT molecular complexity index is 597. The van der Waals surface area contributed by atoms with Gasteiger partial charge in [-0.05, 0) is 12.1 Å². The first-order valence-corrected chi connectivity index (χ1v) is 6.24. The molecule has 0 aliphatic heterocycles. The molecule has 1 aromatic heterocycles. The van der Waals surface area contributed by atoms with Crippen LogP contribution >= 0.6 is 11.6 Å². The van der Waals surface area contributed by atoms with Gasteiger partial charge in [-0.1, -0.05) is 17.7 Å². The molecule has 19 heavy (non-hydrogen) atoms. The molecule has 1 aromatic carbocycles. The molecule has 2 aromatic rings. The van der Waals surface area contributed by atoms with E-state index in [0.717, 1.165) is 5.52 Å². The van der Waals surface area contributed by atoms with Crippen molar-refractivity contribution in [1.82, 2.24) is 10.3 Å². The molecule has 0 fully saturated rings. The van der Waals surface area contributed by atoms with Crippen LogP contribution < -0.4 is 5.32 Å². The lowest BCUT2D eigenvalue weighted by Crippen LogP contribution is -2.34. The van der Waals surface area contributed by atoms with Gasteiger partial charge in [0.05, 0.1) is 5.02 Å². The monoisotopic (exact) mass is 282 g/mol. The molecule has 0 radical (unpaired) electrons. The van der Waals surface area contributed by atoms with Crippen molar-refractivity contribution < 1.29 is 15.0 Å². The molecule has 4 N–H and O–H groups in total. The van der Waals surface area contributed by atoms with Crippen LogP contribution in [0.4, 0.5) is 0 Å². The highest BCUT2D eigenvalue weighted by atomic mass is 35.5. The summed E-state index contributed by atoms with van der Waals surface area (Å²) in [6.07, 6.45) is -0.613. The van der Waals surface area contributed by atoms with Crippen LogP contribution in [0.25, 0.3) is 10.9 Å². The molecule has 0 bridgehead atoms. The third kappa shape index (κ3) is 2.89. The van der Waals surface area contributed by atoms with Gasteiger partial charge in [0.2, 0.25) is 5.91 Å². The summed E-state index contributed by atoms with van der Waals surface area (Å²) in [7, 11) is 0. The maximum Gasteiger partial charge on any atom is 0.216 e. The predicted molar refractivity (Wildman–Crippen MR) is 73.0 cm³/mol. The van der Waals surface area contributed by atoms with Gasteiger partial charge in [0, 0.05) is 36.1 Å². The normalized spacial score (nSPS) is 14.3. The van der Waals surface area contributed by atoms with Crippen LogP contribution in [0.3, 0.4) is 0 Å². The standard InChI is InChI=1S/C13H15ClN2O3/c1-7(17)15-6-11(18)13(19)8-5-16-10-4-2-3-9(14)12(8)10/h2-5,11,13,16,18-19H,6H2,1H3,(H,15,17). The molecule has 102 valence electrons. The van der Waals surface area contributed by atoms with Crippen LogP contribution in [0, 0.1) is 0 Å². The zero-order valence-electron chi connectivity index (χ0n) is 10.4. The number of carbonyl (C=O) groups excluding carboxylic acids is 1. The molecule has 6 heteroatoms. The molecule has 1 heterocycles. The first-order valence-electron chi connectivity index (χ1n) is 5.86. The maximum atomic E-state index is 10.8. The van der Waals surface area contributed by atoms with Gasteiger partial charge in [-0.25, -0.2) is 0 Å². The van der Waals surface area contributed by atoms with E-state index in [2.05, 4.69) is 10.3 Å². The van der Waals surface area contributed by atoms with E-state index in [1.54, 1.807) is 18.3 Å². The number of hydrogen-bond donors (Lipinski definition) is 4. The average Bonchev–Trinajstić information content (AvgIpc) is 2.80. The van der Waals surface area contributed by atoms with Gasteiger partial charge < -0.3 is 20.5 Å². The van der Waals surface area contributed by atoms with Gasteiger partial charge in [0.25, 0.3) is 0 Å². The number of rotatable bonds is 4. The van der Waals surface area contributed by atoms with E-state index in [9.17, 15) is 15.0 Å². The molecule has 0 saturated carbocycles. The molecule has 0 saturated heterocycles. The molecular formula is C13H15ClN2O3. The summed E-state index contributed by atoms with van der Waals surface area (Å²) in [4.78, 5) is 13.8. The van der Waals surface area contributed by atoms with Crippen LogP contribution in [-0.2, 0) is 4.79 Å². The second-order valence-corrected chi connectivity index (χ2v) is 4.76. The lowest BCUT2D eigenvalue weighted by atomic mass is 10.0. The second kappa shape index (κ2) is 5.61. The summed E-state index contributed by atoms with van der Waals surface area (Å²) in [6, 6.07) is 5.34. The number of amides is 1. The first kappa shape index (κ1) is 13.9. The minimum Gasteiger partial charge on any atom is -0.388 e. The number of carbonyl (C=O) groups is 1. The van der Waals surface area contributed by atoms with Crippen molar-refractivity contribution in [2.75, 3.05) is 6.54 Å². The van der Waals surface area contributed by atoms with Gasteiger partial charge in [-0.2, -0.15) is 0 Å². The van der Waals surface area contributed by atoms with E-state index >= 15 is 0 Å². The Morgan fingerprint density at radius 2 is 2.21 bits per heavy atom. The third-order valence-electron chi connectivity index (χ3n) is 2.93. The van der Waals surface area contributed by atoms with Crippen molar-refractivity contribution in [3.8, 4) is 0 Å². The van der Waals surface area contributed by atoms with E-state index in [4.69, 9.17) is 11.6 Å². The van der Waals surface area contributed by atoms with E-state index < -0.39 is 12.2 Å². The molecule has 0 aliphatic rings. The fourth-order valence-electron chi connectivity index (χ4n) is 1.97. The predicted octanol–water partition coefficient (Wildman–Crippen LogP) is 1.35. The molecule has 1 amide bonds. The highest BCUT2D eigenvalue weighted by molar-refractivity contribution is 6.35. The van der Waals surface area contributed by atoms with E-state index in [1.165, 1.54) is 6.92 Å². The van der Waals surface area contributed by atoms with Gasteiger partial charge >= 0.3 is 0 Å². The van der Waals surface area contributed by atoms with E-state index in [-0.39, 0.29) is 12.5 Å². The summed E-state index contributed by atoms with van der Waals surface area (Å²) in [5, 5.41) is 23.6. The molecular weight excluding hydrogens is 268 g/mol. The zero-order valence-corrected chi connectivity index (χ0v) is 11.1. The fraction of sp³-hybridized carbons (Fsp3) is 0.308. The number of aliphatic hydroxyl groups is 2. The summed E-state index contributed by atoms with van der Waals surface area (Å²) in [6.45, 7) is 1.33. The van der Waals surface area contributed by atoms with Crippen LogP contribution in [-0.4, -0.2) is 33.8 Å². The fourth-order valence-corrected chi connectivity index (χ4v) is 2.25. The number of nitrogens with one attached hydrogen (secondary N) is 2. The van der Waals surface area contributed by atoms with Crippen LogP contribution in [0.5, 0.6) is 0 Å². The Hall–Kier alpha value is -1.56. The topological polar surface area (TPSA) is 85.3 Å². The van der Waals surface area contributed by atoms with Gasteiger partial charge in [0.1, 0.15) is 12.2 Å². The van der Waals surface area contributed by atoms with Crippen molar-refractivity contribution in [3.05, 3.63) is 35.0 Å². The van der Waals surface area contributed by atoms with Crippen molar-refractivity contribution in [2.24, 2.45) is 0 Å². The number of halogens is 1. The first-order chi connectivity index (χ1) is 9.00. The summed E-state index contributed by atoms with van der Waals surface area (Å²) < 4.78 is 0. The molecule has 5 nitrogen and oxygen atoms in total. The SMILES string of the molecule is CC(=O)NCC(O)C(O)c1c[nH]c2cccc(Cl)c12. The smallest absolute Gasteiger partial charge is 0.216 e. The summed E-state index contributed by atoms with van der Waals surface area (Å²) in [5.41, 5.74) is 1.30. The Kier molecular flexibility index (Phi) is 4.09. The number of aliphatic hydroxyl groups excluding tert-OH is 2. The molecule has 2 atom stereocenters. The quantitative estimate of drug-likeness (QED) is 0.683. The Labute approximate surface area is 115 Å². The Morgan fingerprint density at radius 3 is 2.89 bits per heavy atom. The number of aromatic amines is 1. The Morgan fingerprint density at radius 1 is 1.47 bits per heavy atom. The zero-order chi connectivity index (χ0) is 14.0. The molecule has 2 unspecified atom stereocenters. The lowest BCUT2D eigenvalue weighted by molar-refractivity contribution is -0.119. The van der Waals surface area contributed by atoms with Gasteiger partial charge in [-0.15, -0.1) is 0 Å². The van der Waals surface area contributed by atoms with Crippen molar-refractivity contribution in [3.63, 3.8) is 0 Å². The van der Waals surface area contributed by atoms with Gasteiger partial charge in [-0.3, -0.25) is 4.79 Å². The van der Waals surface area contributed by atoms with E-state index in [1.807, 2.05) is 6.07 Å². The molecule has 0 spiro atoms. The van der Waals surface area contributed by atoms with Crippen molar-refractivity contribution >= 4 is 28.4 Å². The average molecular weight is 283 g/mol. The summed E-state index contributed by atoms with van der Waals surface area (Å²) in [5.74, 6) is -0.261. The maximum absolute atomic E-state index is 10.8. The minimum atomic E-state index is -1.12. The molecule has 0 aliphatic carbocycles. The van der Waals surface area contributed by atoms with Crippen LogP contribution in [0.15, 0.2) is 24.4 Å². The number of hydrogen-bond acceptors (Lipinski definition) is 3. The second-order valence-electron chi connectivity index (χ2n) is 4.36. The highest BCUT2D eigenvalue weighted by Gasteiger charge is 2.22. The summed E-state index contributed by atoms with van der Waals surface area (Å²) >= 11 is 6.10. The number of fused-ring (bicyclic) bond motifs is 1. The van der Waals surface area contributed by atoms with Crippen molar-refractivity contribution in [1.29, 1.82) is 0 Å². The third-order valence-corrected chi connectivity index (χ3v) is 3.24. The number of benzene rings is 1. The molecule has 2 rings (SSSR count). The Balaban J connectivity index is 2.26. The lowest BCUT2D eigenvalue weighted by Gasteiger charge is -2.17. The van der Waals surface area contributed by atoms with Crippen LogP contribution in [0.1, 0.15) is 18.6 Å². The number of aromatic nitrogens is 1.